The summed E-state index contributed by atoms with van der Waals surface area (Å²) in [4.78, 5) is 11.7. The van der Waals surface area contributed by atoms with Gasteiger partial charge in [0.25, 0.3) is 5.91 Å². The highest BCUT2D eigenvalue weighted by Crippen LogP contribution is 2.39. The molecule has 0 saturated heterocycles. The minimum Gasteiger partial charge on any atom is -0.382 e. The highest BCUT2D eigenvalue weighted by Gasteiger charge is 2.31. The second-order valence-electron chi connectivity index (χ2n) is 6.91. The van der Waals surface area contributed by atoms with Gasteiger partial charge in [-0.2, -0.15) is 0 Å². The van der Waals surface area contributed by atoms with Gasteiger partial charge in [0.15, 0.2) is 0 Å². The minimum atomic E-state index is -0.0361. The summed E-state index contributed by atoms with van der Waals surface area (Å²) in [5.41, 5.74) is 2.15. The summed E-state index contributed by atoms with van der Waals surface area (Å²) in [6.45, 7) is 7.02. The Balaban J connectivity index is 2.08. The standard InChI is InChI=1S/C17H26N2O/c1-12-8-15(11-17(2,3)10-12)19-14-7-5-6-13(9-14)16(20)18-4/h5-7,9,12,15,19H,8,10-11H2,1-4H3,(H,18,20). The fraction of sp³-hybridized carbons (Fsp3) is 0.588. The van der Waals surface area contributed by atoms with Gasteiger partial charge in [0.2, 0.25) is 0 Å². The first-order valence-electron chi connectivity index (χ1n) is 7.48. The molecule has 1 saturated carbocycles. The van der Waals surface area contributed by atoms with Gasteiger partial charge < -0.3 is 10.6 Å². The molecule has 2 rings (SSSR count). The van der Waals surface area contributed by atoms with Crippen molar-refractivity contribution in [3.8, 4) is 0 Å². The summed E-state index contributed by atoms with van der Waals surface area (Å²) in [5.74, 6) is 0.712. The van der Waals surface area contributed by atoms with Crippen LogP contribution in [0.1, 0.15) is 50.4 Å². The van der Waals surface area contributed by atoms with E-state index < -0.39 is 0 Å². The molecule has 1 aliphatic carbocycles. The number of amides is 1. The van der Waals surface area contributed by atoms with Gasteiger partial charge in [-0.25, -0.2) is 0 Å². The molecule has 1 fully saturated rings. The zero-order valence-corrected chi connectivity index (χ0v) is 13.0. The molecule has 1 aliphatic rings. The van der Waals surface area contributed by atoms with Crippen LogP contribution in [-0.4, -0.2) is 19.0 Å². The molecule has 0 spiro atoms. The monoisotopic (exact) mass is 274 g/mol. The van der Waals surface area contributed by atoms with Crippen LogP contribution >= 0.6 is 0 Å². The Morgan fingerprint density at radius 2 is 2.05 bits per heavy atom. The molecule has 0 aromatic heterocycles. The molecule has 1 aromatic carbocycles. The maximum atomic E-state index is 11.7. The lowest BCUT2D eigenvalue weighted by molar-refractivity contribution is 0.0963. The molecule has 0 bridgehead atoms. The van der Waals surface area contributed by atoms with Crippen molar-refractivity contribution in [3.05, 3.63) is 29.8 Å². The van der Waals surface area contributed by atoms with Crippen LogP contribution in [0.5, 0.6) is 0 Å². The molecule has 3 heteroatoms. The van der Waals surface area contributed by atoms with Gasteiger partial charge in [-0.3, -0.25) is 4.79 Å². The third kappa shape index (κ3) is 3.75. The molecule has 0 heterocycles. The number of hydrogen-bond donors (Lipinski definition) is 2. The van der Waals surface area contributed by atoms with Gasteiger partial charge in [-0.15, -0.1) is 0 Å². The molecule has 20 heavy (non-hydrogen) atoms. The van der Waals surface area contributed by atoms with E-state index >= 15 is 0 Å². The predicted octanol–water partition coefficient (Wildman–Crippen LogP) is 3.67. The van der Waals surface area contributed by atoms with E-state index in [9.17, 15) is 4.79 Å². The Morgan fingerprint density at radius 3 is 2.70 bits per heavy atom. The molecule has 0 aliphatic heterocycles. The summed E-state index contributed by atoms with van der Waals surface area (Å²) in [7, 11) is 1.66. The minimum absolute atomic E-state index is 0.0361. The normalized spacial score (nSPS) is 25.0. The van der Waals surface area contributed by atoms with E-state index in [1.165, 1.54) is 19.3 Å². The summed E-state index contributed by atoms with van der Waals surface area (Å²) < 4.78 is 0. The maximum Gasteiger partial charge on any atom is 0.251 e. The summed E-state index contributed by atoms with van der Waals surface area (Å²) in [6.07, 6.45) is 3.68. The average Bonchev–Trinajstić information content (AvgIpc) is 2.35. The molecule has 3 nitrogen and oxygen atoms in total. The third-order valence-electron chi connectivity index (χ3n) is 4.11. The smallest absolute Gasteiger partial charge is 0.251 e. The number of anilines is 1. The van der Waals surface area contributed by atoms with Gasteiger partial charge >= 0.3 is 0 Å². The van der Waals surface area contributed by atoms with Crippen LogP contribution in [0.4, 0.5) is 5.69 Å². The molecule has 0 radical (unpaired) electrons. The quantitative estimate of drug-likeness (QED) is 0.883. The van der Waals surface area contributed by atoms with Crippen LogP contribution in [-0.2, 0) is 0 Å². The lowest BCUT2D eigenvalue weighted by atomic mass is 9.70. The van der Waals surface area contributed by atoms with Crippen LogP contribution in [0.25, 0.3) is 0 Å². The summed E-state index contributed by atoms with van der Waals surface area (Å²) in [5, 5.41) is 6.27. The summed E-state index contributed by atoms with van der Waals surface area (Å²) in [6, 6.07) is 8.25. The molecule has 1 aromatic rings. The number of nitrogens with one attached hydrogen (secondary N) is 2. The number of benzene rings is 1. The van der Waals surface area contributed by atoms with E-state index in [0.717, 1.165) is 11.6 Å². The first-order valence-corrected chi connectivity index (χ1v) is 7.48. The van der Waals surface area contributed by atoms with Crippen LogP contribution in [0.3, 0.4) is 0 Å². The fourth-order valence-electron chi connectivity index (χ4n) is 3.59. The van der Waals surface area contributed by atoms with E-state index in [4.69, 9.17) is 0 Å². The number of carbonyl (C=O) groups is 1. The number of rotatable bonds is 3. The largest absolute Gasteiger partial charge is 0.382 e. The maximum absolute atomic E-state index is 11.7. The second kappa shape index (κ2) is 5.86. The van der Waals surface area contributed by atoms with Crippen molar-refractivity contribution in [2.24, 2.45) is 11.3 Å². The van der Waals surface area contributed by atoms with Gasteiger partial charge in [-0.05, 0) is 48.8 Å². The van der Waals surface area contributed by atoms with Crippen LogP contribution in [0.15, 0.2) is 24.3 Å². The SMILES string of the molecule is CNC(=O)c1cccc(NC2CC(C)CC(C)(C)C2)c1. The molecule has 2 unspecified atom stereocenters. The van der Waals surface area contributed by atoms with Crippen molar-refractivity contribution in [1.82, 2.24) is 5.32 Å². The van der Waals surface area contributed by atoms with Crippen molar-refractivity contribution in [2.45, 2.75) is 46.1 Å². The van der Waals surface area contributed by atoms with Crippen molar-refractivity contribution in [3.63, 3.8) is 0 Å². The van der Waals surface area contributed by atoms with E-state index in [-0.39, 0.29) is 5.91 Å². The lowest BCUT2D eigenvalue weighted by Crippen LogP contribution is -2.35. The molecule has 2 N–H and O–H groups in total. The lowest BCUT2D eigenvalue weighted by Gasteiger charge is -2.39. The Kier molecular flexibility index (Phi) is 4.36. The van der Waals surface area contributed by atoms with Crippen molar-refractivity contribution in [1.29, 1.82) is 0 Å². The zero-order chi connectivity index (χ0) is 14.8. The van der Waals surface area contributed by atoms with E-state index in [2.05, 4.69) is 31.4 Å². The predicted molar refractivity (Wildman–Crippen MR) is 84.0 cm³/mol. The van der Waals surface area contributed by atoms with Gasteiger partial charge in [0, 0.05) is 24.3 Å². The van der Waals surface area contributed by atoms with Crippen LogP contribution in [0.2, 0.25) is 0 Å². The first-order chi connectivity index (χ1) is 9.39. The second-order valence-corrected chi connectivity index (χ2v) is 6.91. The van der Waals surface area contributed by atoms with Crippen molar-refractivity contribution in [2.75, 3.05) is 12.4 Å². The first kappa shape index (κ1) is 14.9. The van der Waals surface area contributed by atoms with Crippen LogP contribution in [0, 0.1) is 11.3 Å². The zero-order valence-electron chi connectivity index (χ0n) is 13.0. The topological polar surface area (TPSA) is 41.1 Å². The van der Waals surface area contributed by atoms with Gasteiger partial charge in [-0.1, -0.05) is 26.8 Å². The molecule has 1 amide bonds. The molecule has 110 valence electrons. The van der Waals surface area contributed by atoms with Crippen LogP contribution < -0.4 is 10.6 Å². The Bertz CT molecular complexity index is 482. The van der Waals surface area contributed by atoms with Gasteiger partial charge in [0.1, 0.15) is 0 Å². The number of hydrogen-bond acceptors (Lipinski definition) is 2. The Hall–Kier alpha value is -1.51. The average molecular weight is 274 g/mol. The molecular formula is C17H26N2O. The van der Waals surface area contributed by atoms with E-state index in [1.807, 2.05) is 24.3 Å². The van der Waals surface area contributed by atoms with Gasteiger partial charge in [0.05, 0.1) is 0 Å². The Labute approximate surface area is 122 Å². The van der Waals surface area contributed by atoms with Crippen molar-refractivity contribution >= 4 is 11.6 Å². The van der Waals surface area contributed by atoms with Crippen molar-refractivity contribution < 1.29 is 4.79 Å². The molecular weight excluding hydrogens is 248 g/mol. The van der Waals surface area contributed by atoms with E-state index in [1.54, 1.807) is 7.05 Å². The Morgan fingerprint density at radius 1 is 1.30 bits per heavy atom. The highest BCUT2D eigenvalue weighted by molar-refractivity contribution is 5.94. The third-order valence-corrected chi connectivity index (χ3v) is 4.11. The summed E-state index contributed by atoms with van der Waals surface area (Å²) >= 11 is 0. The fourth-order valence-corrected chi connectivity index (χ4v) is 3.59. The number of carbonyl (C=O) groups excluding carboxylic acids is 1. The molecule has 2 atom stereocenters. The van der Waals surface area contributed by atoms with E-state index in [0.29, 0.717) is 17.0 Å². The highest BCUT2D eigenvalue weighted by atomic mass is 16.1.